The number of oxime groups is 1. The molecule has 0 saturated heterocycles. The maximum Gasteiger partial charge on any atom is 0.335 e. The van der Waals surface area contributed by atoms with Gasteiger partial charge in [0.1, 0.15) is 36.2 Å². The summed E-state index contributed by atoms with van der Waals surface area (Å²) in [6.07, 6.45) is 3.73. The highest BCUT2D eigenvalue weighted by atomic mass is 19.1. The van der Waals surface area contributed by atoms with Crippen LogP contribution in [0.5, 0.6) is 17.5 Å². The number of aromatic carboxylic acids is 1. The molecule has 0 saturated carbocycles. The number of rotatable bonds is 11. The van der Waals surface area contributed by atoms with Crippen LogP contribution in [0.3, 0.4) is 0 Å². The summed E-state index contributed by atoms with van der Waals surface area (Å²) in [5.74, 6) is -0.887. The van der Waals surface area contributed by atoms with Crippen LogP contribution in [-0.2, 0) is 4.84 Å². The van der Waals surface area contributed by atoms with Crippen molar-refractivity contribution in [3.63, 3.8) is 0 Å². The van der Waals surface area contributed by atoms with Gasteiger partial charge in [-0.1, -0.05) is 17.2 Å². The van der Waals surface area contributed by atoms with Crippen molar-refractivity contribution >= 4 is 11.7 Å². The largest absolute Gasteiger partial charge is 0.487 e. The van der Waals surface area contributed by atoms with Crippen molar-refractivity contribution in [3.05, 3.63) is 84.1 Å². The second-order valence-electron chi connectivity index (χ2n) is 7.37. The molecular formula is C25H21FN4O6. The van der Waals surface area contributed by atoms with E-state index in [1.165, 1.54) is 42.7 Å². The van der Waals surface area contributed by atoms with Gasteiger partial charge in [0, 0.05) is 30.1 Å². The Balaban J connectivity index is 1.56. The first-order valence-electron chi connectivity index (χ1n) is 10.9. The van der Waals surface area contributed by atoms with E-state index >= 15 is 0 Å². The van der Waals surface area contributed by atoms with Crippen molar-refractivity contribution < 1.29 is 33.1 Å². The van der Waals surface area contributed by atoms with Crippen molar-refractivity contribution in [3.8, 4) is 28.8 Å². The Labute approximate surface area is 205 Å². The van der Waals surface area contributed by atoms with Crippen LogP contribution in [0.1, 0.15) is 29.5 Å². The molecule has 0 bridgehead atoms. The predicted octanol–water partition coefficient (Wildman–Crippen LogP) is 4.97. The molecule has 2 aromatic heterocycles. The van der Waals surface area contributed by atoms with Gasteiger partial charge in [-0.05, 0) is 48.9 Å². The number of hydrogen-bond donors (Lipinski definition) is 1. The van der Waals surface area contributed by atoms with Gasteiger partial charge in [-0.25, -0.2) is 19.2 Å². The van der Waals surface area contributed by atoms with E-state index < -0.39 is 5.97 Å². The standard InChI is InChI=1S/C25H21FN4O6/c1-2-10-34-29-22(23-14-21(30-36-23)16-4-6-18(26)7-5-16)15-33-19-11-17(24(31)32)12-20(13-19)35-25-27-8-3-9-28-25/h3-9,11-14H,2,10,15H2,1H3,(H,31,32). The maximum absolute atomic E-state index is 13.3. The quantitative estimate of drug-likeness (QED) is 0.175. The minimum atomic E-state index is -1.17. The van der Waals surface area contributed by atoms with E-state index in [4.69, 9.17) is 18.8 Å². The summed E-state index contributed by atoms with van der Waals surface area (Å²) < 4.78 is 30.1. The Morgan fingerprint density at radius 2 is 1.83 bits per heavy atom. The van der Waals surface area contributed by atoms with E-state index in [-0.39, 0.29) is 47.0 Å². The lowest BCUT2D eigenvalue weighted by Crippen LogP contribution is -2.14. The van der Waals surface area contributed by atoms with Crippen LogP contribution in [-0.4, -0.2) is 45.1 Å². The molecule has 4 rings (SSSR count). The first-order valence-corrected chi connectivity index (χ1v) is 10.9. The molecule has 0 aliphatic heterocycles. The van der Waals surface area contributed by atoms with Crippen LogP contribution in [0.2, 0.25) is 0 Å². The number of carbonyl (C=O) groups is 1. The topological polar surface area (TPSA) is 129 Å². The molecule has 0 atom stereocenters. The fraction of sp³-hybridized carbons (Fsp3) is 0.160. The van der Waals surface area contributed by atoms with Gasteiger partial charge in [0.15, 0.2) is 11.5 Å². The monoisotopic (exact) mass is 492 g/mol. The van der Waals surface area contributed by atoms with Crippen LogP contribution >= 0.6 is 0 Å². The lowest BCUT2D eigenvalue weighted by Gasteiger charge is -2.10. The summed E-state index contributed by atoms with van der Waals surface area (Å²) in [7, 11) is 0. The third-order valence-electron chi connectivity index (χ3n) is 4.66. The molecule has 0 fully saturated rings. The second kappa shape index (κ2) is 11.6. The fourth-order valence-electron chi connectivity index (χ4n) is 2.96. The van der Waals surface area contributed by atoms with Crippen LogP contribution in [0.15, 0.2) is 76.7 Å². The molecule has 1 N–H and O–H groups in total. The molecule has 10 nitrogen and oxygen atoms in total. The van der Waals surface area contributed by atoms with E-state index in [0.717, 1.165) is 6.42 Å². The lowest BCUT2D eigenvalue weighted by molar-refractivity contribution is 0.0696. The highest BCUT2D eigenvalue weighted by Gasteiger charge is 2.16. The van der Waals surface area contributed by atoms with Crippen LogP contribution in [0, 0.1) is 5.82 Å². The Kier molecular flexibility index (Phi) is 7.81. The van der Waals surface area contributed by atoms with E-state index in [1.54, 1.807) is 24.3 Å². The molecule has 4 aromatic rings. The first-order chi connectivity index (χ1) is 17.5. The van der Waals surface area contributed by atoms with E-state index in [1.807, 2.05) is 6.92 Å². The molecule has 184 valence electrons. The first kappa shape index (κ1) is 24.3. The molecule has 0 aliphatic rings. The summed E-state index contributed by atoms with van der Waals surface area (Å²) >= 11 is 0. The average Bonchev–Trinajstić information content (AvgIpc) is 3.37. The molecule has 36 heavy (non-hydrogen) atoms. The van der Waals surface area contributed by atoms with Crippen molar-refractivity contribution in [2.45, 2.75) is 13.3 Å². The lowest BCUT2D eigenvalue weighted by atomic mass is 10.1. The van der Waals surface area contributed by atoms with Gasteiger partial charge < -0.3 is 23.9 Å². The molecule has 0 spiro atoms. The van der Waals surface area contributed by atoms with Gasteiger partial charge in [0.2, 0.25) is 0 Å². The molecular weight excluding hydrogens is 471 g/mol. The summed E-state index contributed by atoms with van der Waals surface area (Å²) in [5.41, 5.74) is 1.34. The predicted molar refractivity (Wildman–Crippen MR) is 126 cm³/mol. The number of hydrogen-bond acceptors (Lipinski definition) is 9. The van der Waals surface area contributed by atoms with Crippen molar-refractivity contribution in [1.82, 2.24) is 15.1 Å². The van der Waals surface area contributed by atoms with Crippen LogP contribution in [0.25, 0.3) is 11.3 Å². The van der Waals surface area contributed by atoms with E-state index in [2.05, 4.69) is 20.3 Å². The Hall–Kier alpha value is -4.80. The molecule has 0 aliphatic carbocycles. The zero-order chi connectivity index (χ0) is 25.3. The van der Waals surface area contributed by atoms with Gasteiger partial charge in [-0.15, -0.1) is 0 Å². The molecule has 0 unspecified atom stereocenters. The summed E-state index contributed by atoms with van der Waals surface area (Å²) in [6, 6.07) is 13.3. The molecule has 0 radical (unpaired) electrons. The Morgan fingerprint density at radius 3 is 2.56 bits per heavy atom. The number of benzene rings is 2. The van der Waals surface area contributed by atoms with E-state index in [0.29, 0.717) is 17.9 Å². The van der Waals surface area contributed by atoms with Gasteiger partial charge in [0.25, 0.3) is 0 Å². The number of ether oxygens (including phenoxy) is 2. The second-order valence-corrected chi connectivity index (χ2v) is 7.37. The summed E-state index contributed by atoms with van der Waals surface area (Å²) in [5, 5.41) is 17.6. The Morgan fingerprint density at radius 1 is 1.08 bits per heavy atom. The van der Waals surface area contributed by atoms with Crippen molar-refractivity contribution in [2.24, 2.45) is 5.16 Å². The summed E-state index contributed by atoms with van der Waals surface area (Å²) in [4.78, 5) is 24.9. The smallest absolute Gasteiger partial charge is 0.335 e. The Bertz CT molecular complexity index is 1340. The zero-order valence-electron chi connectivity index (χ0n) is 19.1. The van der Waals surface area contributed by atoms with Gasteiger partial charge >= 0.3 is 12.0 Å². The third kappa shape index (κ3) is 6.41. The number of carboxylic acids is 1. The number of aromatic nitrogens is 3. The normalized spacial score (nSPS) is 11.2. The van der Waals surface area contributed by atoms with Crippen LogP contribution in [0.4, 0.5) is 4.39 Å². The highest BCUT2D eigenvalue weighted by molar-refractivity contribution is 5.99. The zero-order valence-corrected chi connectivity index (χ0v) is 19.1. The minimum absolute atomic E-state index is 0.0520. The van der Waals surface area contributed by atoms with Crippen molar-refractivity contribution in [1.29, 1.82) is 0 Å². The fourth-order valence-corrected chi connectivity index (χ4v) is 2.96. The number of halogens is 1. The number of carboxylic acid groups (broad SMARTS) is 1. The molecule has 11 heteroatoms. The average molecular weight is 492 g/mol. The molecule has 2 aromatic carbocycles. The SMILES string of the molecule is CCCON=C(COc1cc(Oc2ncccn2)cc(C(=O)O)c1)c1cc(-c2ccc(F)cc2)no1. The summed E-state index contributed by atoms with van der Waals surface area (Å²) in [6.45, 7) is 2.17. The molecule has 0 amide bonds. The maximum atomic E-state index is 13.3. The highest BCUT2D eigenvalue weighted by Crippen LogP contribution is 2.27. The third-order valence-corrected chi connectivity index (χ3v) is 4.66. The van der Waals surface area contributed by atoms with Gasteiger partial charge in [0.05, 0.1) is 5.56 Å². The van der Waals surface area contributed by atoms with Gasteiger partial charge in [-0.3, -0.25) is 0 Å². The van der Waals surface area contributed by atoms with E-state index in [9.17, 15) is 14.3 Å². The van der Waals surface area contributed by atoms with Gasteiger partial charge in [-0.2, -0.15) is 0 Å². The van der Waals surface area contributed by atoms with Crippen LogP contribution < -0.4 is 9.47 Å². The minimum Gasteiger partial charge on any atom is -0.487 e. The van der Waals surface area contributed by atoms with Crippen molar-refractivity contribution in [2.75, 3.05) is 13.2 Å². The number of nitrogens with zero attached hydrogens (tertiary/aromatic N) is 4. The molecule has 2 heterocycles.